The second-order valence-electron chi connectivity index (χ2n) is 2.86. The third-order valence-corrected chi connectivity index (χ3v) is 1.91. The van der Waals surface area contributed by atoms with E-state index in [0.717, 1.165) is 5.56 Å². The quantitative estimate of drug-likeness (QED) is 0.415. The zero-order chi connectivity index (χ0) is 8.43. The molecule has 0 unspecified atom stereocenters. The maximum Gasteiger partial charge on any atom is 0.159 e. The predicted molar refractivity (Wildman–Crippen MR) is 49.4 cm³/mol. The first-order valence-corrected chi connectivity index (χ1v) is 3.69. The van der Waals surface area contributed by atoms with Gasteiger partial charge >= 0.3 is 0 Å². The van der Waals surface area contributed by atoms with Gasteiger partial charge in [0.25, 0.3) is 0 Å². The van der Waals surface area contributed by atoms with E-state index >= 15 is 0 Å². The van der Waals surface area contributed by atoms with Crippen LogP contribution in [0.1, 0.15) is 22.8 Å². The molecule has 11 heavy (non-hydrogen) atoms. The number of carbonyl (C=O) groups is 1. The molecular weight excluding hydrogens is 135 g/mol. The van der Waals surface area contributed by atoms with E-state index in [1.54, 1.807) is 6.92 Å². The fourth-order valence-corrected chi connectivity index (χ4v) is 0.960. The van der Waals surface area contributed by atoms with Crippen LogP contribution >= 0.6 is 0 Å². The summed E-state index contributed by atoms with van der Waals surface area (Å²) in [6.07, 6.45) is 0. The van der Waals surface area contributed by atoms with E-state index in [1.807, 2.05) is 33.0 Å². The number of ketones is 1. The largest absolute Gasteiger partial charge is 0.295 e. The molecule has 0 saturated heterocycles. The molecule has 2 heteroatoms. The Labute approximate surface area is 67.8 Å². The summed E-state index contributed by atoms with van der Waals surface area (Å²) < 4.78 is 0. The number of benzene rings is 1. The summed E-state index contributed by atoms with van der Waals surface area (Å²) in [6, 6.07) is 5.77. The molecule has 0 heterocycles. The molecule has 0 atom stereocenters. The Hall–Kier alpha value is -1.05. The average Bonchev–Trinajstić information content (AvgIpc) is 1.94. The number of hydrogen-bond donors (Lipinski definition) is 0. The second kappa shape index (κ2) is 2.91. The van der Waals surface area contributed by atoms with Crippen molar-refractivity contribution in [1.82, 2.24) is 0 Å². The summed E-state index contributed by atoms with van der Waals surface area (Å²) >= 11 is 0. The van der Waals surface area contributed by atoms with Gasteiger partial charge in [-0.25, -0.2) is 0 Å². The van der Waals surface area contributed by atoms with Gasteiger partial charge in [-0.2, -0.15) is 0 Å². The van der Waals surface area contributed by atoms with Crippen molar-refractivity contribution >= 4 is 19.1 Å². The first-order chi connectivity index (χ1) is 5.11. The number of rotatable bonds is 1. The molecule has 0 N–H and O–H groups in total. The molecule has 0 spiro atoms. The van der Waals surface area contributed by atoms with Crippen LogP contribution < -0.4 is 5.46 Å². The molecule has 0 saturated carbocycles. The van der Waals surface area contributed by atoms with Gasteiger partial charge in [0.2, 0.25) is 0 Å². The van der Waals surface area contributed by atoms with E-state index in [0.29, 0.717) is 0 Å². The average molecular weight is 146 g/mol. The van der Waals surface area contributed by atoms with Crippen molar-refractivity contribution in [3.63, 3.8) is 0 Å². The fourth-order valence-electron chi connectivity index (χ4n) is 0.960. The van der Waals surface area contributed by atoms with E-state index in [2.05, 4.69) is 0 Å². The van der Waals surface area contributed by atoms with E-state index in [1.165, 1.54) is 11.0 Å². The van der Waals surface area contributed by atoms with Crippen LogP contribution in [0.25, 0.3) is 0 Å². The van der Waals surface area contributed by atoms with Crippen LogP contribution in [0.2, 0.25) is 0 Å². The Morgan fingerprint density at radius 3 is 2.55 bits per heavy atom. The summed E-state index contributed by atoms with van der Waals surface area (Å²) in [7, 11) is 2.04. The molecule has 0 aromatic heterocycles. The van der Waals surface area contributed by atoms with Crippen molar-refractivity contribution < 1.29 is 4.79 Å². The van der Waals surface area contributed by atoms with Crippen molar-refractivity contribution in [1.29, 1.82) is 0 Å². The van der Waals surface area contributed by atoms with Crippen LogP contribution in [0, 0.1) is 6.92 Å². The number of hydrogen-bond acceptors (Lipinski definition) is 1. The van der Waals surface area contributed by atoms with Gasteiger partial charge in [0.15, 0.2) is 5.78 Å². The Morgan fingerprint density at radius 1 is 1.45 bits per heavy atom. The lowest BCUT2D eigenvalue weighted by atomic mass is 9.89. The van der Waals surface area contributed by atoms with Crippen molar-refractivity contribution in [2.24, 2.45) is 0 Å². The first kappa shape index (κ1) is 8.06. The van der Waals surface area contributed by atoms with Crippen LogP contribution in [0.5, 0.6) is 0 Å². The van der Waals surface area contributed by atoms with Gasteiger partial charge in [0.05, 0.1) is 0 Å². The van der Waals surface area contributed by atoms with Crippen LogP contribution in [0.4, 0.5) is 0 Å². The van der Waals surface area contributed by atoms with Gasteiger partial charge < -0.3 is 0 Å². The molecule has 0 aliphatic rings. The van der Waals surface area contributed by atoms with E-state index in [4.69, 9.17) is 0 Å². The Kier molecular flexibility index (Phi) is 2.13. The van der Waals surface area contributed by atoms with Crippen molar-refractivity contribution in [3.05, 3.63) is 29.3 Å². The Morgan fingerprint density at radius 2 is 2.09 bits per heavy atom. The summed E-state index contributed by atoms with van der Waals surface area (Å²) in [5, 5.41) is 0. The number of Topliss-reactive ketones (excluding diaryl/α,β-unsaturated/α-hetero) is 1. The highest BCUT2D eigenvalue weighted by atomic mass is 16.1. The SMILES string of the molecule is Bc1ccc(C(C)=O)cc1C. The monoisotopic (exact) mass is 146 g/mol. The van der Waals surface area contributed by atoms with Gasteiger partial charge in [0.1, 0.15) is 7.85 Å². The number of aryl methyl sites for hydroxylation is 1. The van der Waals surface area contributed by atoms with Crippen molar-refractivity contribution in [2.75, 3.05) is 0 Å². The van der Waals surface area contributed by atoms with Crippen molar-refractivity contribution in [2.45, 2.75) is 13.8 Å². The van der Waals surface area contributed by atoms with Crippen LogP contribution in [-0.2, 0) is 0 Å². The molecular formula is C9H11BO. The highest BCUT2D eigenvalue weighted by Crippen LogP contribution is 2.01. The zero-order valence-electron chi connectivity index (χ0n) is 7.14. The number of carbonyl (C=O) groups excluding carboxylic acids is 1. The van der Waals surface area contributed by atoms with Gasteiger partial charge in [-0.15, -0.1) is 0 Å². The first-order valence-electron chi connectivity index (χ1n) is 3.69. The van der Waals surface area contributed by atoms with E-state index < -0.39 is 0 Å². The summed E-state index contributed by atoms with van der Waals surface area (Å²) in [6.45, 7) is 3.60. The molecule has 1 aromatic carbocycles. The van der Waals surface area contributed by atoms with Crippen LogP contribution in [0.3, 0.4) is 0 Å². The minimum Gasteiger partial charge on any atom is -0.295 e. The standard InChI is InChI=1S/C9H11BO/c1-6-5-8(7(2)11)3-4-9(6)10/h3-5H,10H2,1-2H3. The molecule has 0 amide bonds. The Bertz CT molecular complexity index is 292. The lowest BCUT2D eigenvalue weighted by Gasteiger charge is -2.00. The molecule has 1 aromatic rings. The molecule has 0 aliphatic heterocycles. The summed E-state index contributed by atoms with van der Waals surface area (Å²) in [5.41, 5.74) is 3.21. The maximum absolute atomic E-state index is 10.9. The van der Waals surface area contributed by atoms with Gasteiger partial charge in [-0.3, -0.25) is 4.79 Å². The lowest BCUT2D eigenvalue weighted by Crippen LogP contribution is -2.08. The van der Waals surface area contributed by atoms with E-state index in [-0.39, 0.29) is 5.78 Å². The van der Waals surface area contributed by atoms with E-state index in [9.17, 15) is 4.79 Å². The normalized spacial score (nSPS) is 9.64. The molecule has 0 radical (unpaired) electrons. The topological polar surface area (TPSA) is 17.1 Å². The highest BCUT2D eigenvalue weighted by Gasteiger charge is 1.99. The predicted octanol–water partition coefficient (Wildman–Crippen LogP) is 0.456. The van der Waals surface area contributed by atoms with Gasteiger partial charge in [-0.05, 0) is 19.9 Å². The van der Waals surface area contributed by atoms with Gasteiger partial charge in [0, 0.05) is 5.56 Å². The summed E-state index contributed by atoms with van der Waals surface area (Å²) in [5.74, 6) is 0.133. The molecule has 1 rings (SSSR count). The molecule has 0 aliphatic carbocycles. The maximum atomic E-state index is 10.9. The minimum atomic E-state index is 0.133. The lowest BCUT2D eigenvalue weighted by molar-refractivity contribution is 0.101. The zero-order valence-corrected chi connectivity index (χ0v) is 7.14. The fraction of sp³-hybridized carbons (Fsp3) is 0.222. The molecule has 0 fully saturated rings. The Balaban J connectivity index is 3.15. The molecule has 1 nitrogen and oxygen atoms in total. The van der Waals surface area contributed by atoms with Crippen LogP contribution in [0.15, 0.2) is 18.2 Å². The van der Waals surface area contributed by atoms with Crippen LogP contribution in [-0.4, -0.2) is 13.6 Å². The second-order valence-corrected chi connectivity index (χ2v) is 2.86. The third-order valence-electron chi connectivity index (χ3n) is 1.91. The van der Waals surface area contributed by atoms with Gasteiger partial charge in [-0.1, -0.05) is 23.2 Å². The highest BCUT2D eigenvalue weighted by molar-refractivity contribution is 6.33. The minimum absolute atomic E-state index is 0.133. The van der Waals surface area contributed by atoms with Crippen molar-refractivity contribution in [3.8, 4) is 0 Å². The smallest absolute Gasteiger partial charge is 0.159 e. The molecule has 0 bridgehead atoms. The summed E-state index contributed by atoms with van der Waals surface area (Å²) in [4.78, 5) is 10.9. The third kappa shape index (κ3) is 1.70. The molecule has 56 valence electrons.